The number of ether oxygens (including phenoxy) is 3. The highest BCUT2D eigenvalue weighted by Crippen LogP contribution is 2.62. The van der Waals surface area contributed by atoms with Crippen molar-refractivity contribution in [3.8, 4) is 0 Å². The van der Waals surface area contributed by atoms with Crippen molar-refractivity contribution in [2.24, 2.45) is 34.0 Å². The van der Waals surface area contributed by atoms with Crippen LogP contribution in [0.2, 0.25) is 0 Å². The zero-order valence-corrected chi connectivity index (χ0v) is 27.0. The molecule has 35 heavy (non-hydrogen) atoms. The first-order valence-electron chi connectivity index (χ1n) is 12.6. The summed E-state index contributed by atoms with van der Waals surface area (Å²) in [6.07, 6.45) is 10.6. The van der Waals surface area contributed by atoms with Crippen LogP contribution in [0.5, 0.6) is 0 Å². The van der Waals surface area contributed by atoms with Crippen LogP contribution in [0.25, 0.3) is 0 Å². The second kappa shape index (κ2) is 10.7. The van der Waals surface area contributed by atoms with Crippen LogP contribution in [-0.2, 0) is 19.0 Å². The first-order chi connectivity index (χ1) is 16.3. The van der Waals surface area contributed by atoms with Crippen molar-refractivity contribution in [2.45, 2.75) is 84.2 Å². The first kappa shape index (κ1) is 28.8. The van der Waals surface area contributed by atoms with Crippen LogP contribution in [0, 0.1) is 34.0 Å². The van der Waals surface area contributed by atoms with Gasteiger partial charge in [-0.15, -0.1) is 0 Å². The Morgan fingerprint density at radius 2 is 1.34 bits per heavy atom. The molecular weight excluding hydrogens is 712 g/mol. The summed E-state index contributed by atoms with van der Waals surface area (Å²) in [7, 11) is 0. The Bertz CT molecular complexity index is 847. The molecule has 0 spiro atoms. The van der Waals surface area contributed by atoms with E-state index in [0.29, 0.717) is 37.9 Å². The fourth-order valence-electron chi connectivity index (χ4n) is 6.74. The number of aliphatic carboxylic acids is 1. The van der Waals surface area contributed by atoms with Crippen molar-refractivity contribution in [3.05, 3.63) is 18.9 Å². The van der Waals surface area contributed by atoms with E-state index < -0.39 is 28.9 Å². The number of halogens is 4. The predicted molar refractivity (Wildman–Crippen MR) is 151 cm³/mol. The van der Waals surface area contributed by atoms with Crippen molar-refractivity contribution in [1.29, 1.82) is 0 Å². The number of hydrogen-bond donors (Lipinski definition) is 1. The van der Waals surface area contributed by atoms with Crippen LogP contribution >= 0.6 is 63.7 Å². The number of carboxylic acid groups (broad SMARTS) is 1. The van der Waals surface area contributed by atoms with E-state index in [1.807, 2.05) is 0 Å². The van der Waals surface area contributed by atoms with Gasteiger partial charge in [0.25, 0.3) is 5.97 Å². The van der Waals surface area contributed by atoms with E-state index in [1.165, 1.54) is 0 Å². The zero-order chi connectivity index (χ0) is 25.6. The van der Waals surface area contributed by atoms with Crippen LogP contribution in [0.1, 0.15) is 72.1 Å². The number of carboxylic acids is 1. The molecule has 9 heteroatoms. The standard InChI is InChI=1S/C26H36Br4O5/c1-23(2,3)25-14-33-26(34-15-25,18-6-4-16(5-7-18)12-19(27)28)35-21(25)24(22(31)32)10-8-17(9-11-24)13-20(29)30/h12-13,16-18,21H,4-11,14-15H2,1-3H3,(H,31,32). The van der Waals surface area contributed by atoms with Gasteiger partial charge in [-0.1, -0.05) is 32.9 Å². The molecule has 1 unspecified atom stereocenters. The van der Waals surface area contributed by atoms with E-state index >= 15 is 0 Å². The van der Waals surface area contributed by atoms with E-state index in [1.54, 1.807) is 0 Å². The predicted octanol–water partition coefficient (Wildman–Crippen LogP) is 8.45. The molecule has 5 nitrogen and oxygen atoms in total. The molecule has 0 aromatic carbocycles. The summed E-state index contributed by atoms with van der Waals surface area (Å²) in [6, 6.07) is 0. The van der Waals surface area contributed by atoms with Gasteiger partial charge in [-0.25, -0.2) is 0 Å². The lowest BCUT2D eigenvalue weighted by Gasteiger charge is -2.66. The molecule has 1 N–H and O–H groups in total. The zero-order valence-electron chi connectivity index (χ0n) is 20.6. The highest BCUT2D eigenvalue weighted by atomic mass is 79.9. The topological polar surface area (TPSA) is 65.0 Å². The van der Waals surface area contributed by atoms with Crippen LogP contribution in [0.15, 0.2) is 18.9 Å². The minimum Gasteiger partial charge on any atom is -0.481 e. The third-order valence-electron chi connectivity index (χ3n) is 9.19. The van der Waals surface area contributed by atoms with Gasteiger partial charge in [-0.2, -0.15) is 0 Å². The van der Waals surface area contributed by atoms with E-state index in [4.69, 9.17) is 14.2 Å². The Morgan fingerprint density at radius 3 is 1.77 bits per heavy atom. The Balaban J connectivity index is 1.63. The Kier molecular flexibility index (Phi) is 8.81. The Hall–Kier alpha value is 0.750. The first-order valence-corrected chi connectivity index (χ1v) is 15.8. The molecule has 0 radical (unpaired) electrons. The lowest BCUT2D eigenvalue weighted by Crippen LogP contribution is -2.74. The molecule has 1 atom stereocenters. The summed E-state index contributed by atoms with van der Waals surface area (Å²) in [5.74, 6) is -0.950. The minimum atomic E-state index is -1.14. The van der Waals surface area contributed by atoms with Crippen LogP contribution < -0.4 is 0 Å². The maximum Gasteiger partial charge on any atom is 0.312 e. The minimum absolute atomic E-state index is 0.0940. The maximum atomic E-state index is 13.1. The van der Waals surface area contributed by atoms with Crippen molar-refractivity contribution in [2.75, 3.05) is 13.2 Å². The van der Waals surface area contributed by atoms with Gasteiger partial charge in [-0.3, -0.25) is 4.79 Å². The fourth-order valence-corrected chi connectivity index (χ4v) is 8.24. The van der Waals surface area contributed by atoms with Crippen molar-refractivity contribution < 1.29 is 24.1 Å². The van der Waals surface area contributed by atoms with E-state index in [2.05, 4.69) is 96.6 Å². The van der Waals surface area contributed by atoms with Gasteiger partial charge in [0.2, 0.25) is 0 Å². The summed E-state index contributed by atoms with van der Waals surface area (Å²) in [5.41, 5.74) is -1.71. The second-order valence-corrected chi connectivity index (χ2v) is 17.5. The normalized spacial score (nSPS) is 41.8. The van der Waals surface area contributed by atoms with Gasteiger partial charge in [0.1, 0.15) is 0 Å². The fraction of sp³-hybridized carbons (Fsp3) is 0.808. The Morgan fingerprint density at radius 1 is 0.857 bits per heavy atom. The van der Waals surface area contributed by atoms with Crippen LogP contribution in [-0.4, -0.2) is 36.4 Å². The summed E-state index contributed by atoms with van der Waals surface area (Å²) in [4.78, 5) is 13.1. The van der Waals surface area contributed by atoms with Gasteiger partial charge in [-0.05, 0) is 132 Å². The SMILES string of the molecule is CC(C)(C)C12COC(C3CCC(C=C(Br)Br)CC3)(OC1)OC2C1(C(=O)O)CCC(C=C(Br)Br)CC1. The van der Waals surface area contributed by atoms with E-state index in [-0.39, 0.29) is 11.3 Å². The Labute approximate surface area is 242 Å². The van der Waals surface area contributed by atoms with Crippen LogP contribution in [0.4, 0.5) is 0 Å². The van der Waals surface area contributed by atoms with Gasteiger partial charge in [0.05, 0.1) is 31.5 Å². The molecule has 3 heterocycles. The van der Waals surface area contributed by atoms with Gasteiger partial charge < -0.3 is 19.3 Å². The maximum absolute atomic E-state index is 13.1. The molecule has 5 aliphatic rings. The molecule has 0 aromatic heterocycles. The molecular formula is C26H36Br4O5. The number of allylic oxidation sites excluding steroid dienone is 2. The molecule has 2 bridgehead atoms. The molecule has 0 amide bonds. The molecule has 5 rings (SSSR count). The monoisotopic (exact) mass is 744 g/mol. The number of rotatable bonds is 5. The van der Waals surface area contributed by atoms with Crippen molar-refractivity contribution >= 4 is 69.7 Å². The van der Waals surface area contributed by atoms with Gasteiger partial charge in [0.15, 0.2) is 0 Å². The highest BCUT2D eigenvalue weighted by Gasteiger charge is 2.70. The average molecular weight is 748 g/mol. The molecule has 198 valence electrons. The summed E-state index contributed by atoms with van der Waals surface area (Å²) in [6.45, 7) is 7.43. The average Bonchev–Trinajstić information content (AvgIpc) is 2.79. The van der Waals surface area contributed by atoms with E-state index in [0.717, 1.165) is 45.3 Å². The lowest BCUT2D eigenvalue weighted by molar-refractivity contribution is -0.525. The molecule has 2 aliphatic carbocycles. The summed E-state index contributed by atoms with van der Waals surface area (Å²) in [5, 5.41) is 10.7. The smallest absolute Gasteiger partial charge is 0.312 e. The molecule has 5 fully saturated rings. The quantitative estimate of drug-likeness (QED) is 0.306. The number of hydrogen-bond acceptors (Lipinski definition) is 4. The summed E-state index contributed by atoms with van der Waals surface area (Å²) >= 11 is 13.9. The van der Waals surface area contributed by atoms with Gasteiger partial charge in [0, 0.05) is 11.3 Å². The van der Waals surface area contributed by atoms with Crippen molar-refractivity contribution in [3.63, 3.8) is 0 Å². The molecule has 3 saturated heterocycles. The summed E-state index contributed by atoms with van der Waals surface area (Å²) < 4.78 is 21.8. The number of carbonyl (C=O) groups is 1. The van der Waals surface area contributed by atoms with Gasteiger partial charge >= 0.3 is 5.97 Å². The van der Waals surface area contributed by atoms with E-state index in [9.17, 15) is 9.90 Å². The lowest BCUT2D eigenvalue weighted by atomic mass is 9.53. The highest BCUT2D eigenvalue weighted by molar-refractivity contribution is 9.28. The molecule has 0 aromatic rings. The third-order valence-corrected chi connectivity index (χ3v) is 10.2. The van der Waals surface area contributed by atoms with Crippen LogP contribution in [0.3, 0.4) is 0 Å². The molecule has 3 aliphatic heterocycles. The van der Waals surface area contributed by atoms with Crippen molar-refractivity contribution in [1.82, 2.24) is 0 Å². The molecule has 2 saturated carbocycles. The second-order valence-electron chi connectivity index (χ2n) is 11.9. The third kappa shape index (κ3) is 5.44. The largest absolute Gasteiger partial charge is 0.481 e. The number of fused-ring (bicyclic) bond motifs is 3.